The van der Waals surface area contributed by atoms with Crippen LogP contribution in [-0.2, 0) is 7.05 Å². The molecule has 3 heterocycles. The van der Waals surface area contributed by atoms with E-state index in [2.05, 4.69) is 44.3 Å². The van der Waals surface area contributed by atoms with Crippen molar-refractivity contribution in [2.24, 2.45) is 7.05 Å². The van der Waals surface area contributed by atoms with Crippen LogP contribution in [0.4, 0.5) is 5.95 Å². The Kier molecular flexibility index (Phi) is 6.34. The first-order chi connectivity index (χ1) is 13.5. The summed E-state index contributed by atoms with van der Waals surface area (Å²) in [5.74, 6) is 0.774. The number of aromatic hydroxyl groups is 1. The van der Waals surface area contributed by atoms with E-state index >= 15 is 0 Å². The molecule has 1 fully saturated rings. The van der Waals surface area contributed by atoms with Crippen molar-refractivity contribution in [3.8, 4) is 28.1 Å². The summed E-state index contributed by atoms with van der Waals surface area (Å²) in [5, 5.41) is 26.8. The Balaban J connectivity index is 0.00000240. The van der Waals surface area contributed by atoms with Crippen molar-refractivity contribution in [1.29, 1.82) is 0 Å². The molecule has 2 N–H and O–H groups in total. The Hall–Kier alpha value is -2.71. The molecular weight excluding hydrogens is 390 g/mol. The van der Waals surface area contributed by atoms with Gasteiger partial charge in [-0.05, 0) is 24.1 Å². The van der Waals surface area contributed by atoms with Crippen LogP contribution in [0.25, 0.3) is 22.4 Å². The third-order valence-corrected chi connectivity index (χ3v) is 4.90. The van der Waals surface area contributed by atoms with Crippen molar-refractivity contribution >= 4 is 18.4 Å². The van der Waals surface area contributed by atoms with Gasteiger partial charge in [-0.25, -0.2) is 4.98 Å². The van der Waals surface area contributed by atoms with Crippen molar-refractivity contribution < 1.29 is 5.11 Å². The van der Waals surface area contributed by atoms with Gasteiger partial charge in [-0.15, -0.1) is 22.6 Å². The van der Waals surface area contributed by atoms with Gasteiger partial charge in [0.2, 0.25) is 5.95 Å². The molecule has 0 bridgehead atoms. The van der Waals surface area contributed by atoms with Gasteiger partial charge in [0.1, 0.15) is 11.4 Å². The van der Waals surface area contributed by atoms with Crippen LogP contribution >= 0.6 is 12.4 Å². The quantitative estimate of drug-likeness (QED) is 0.661. The number of aromatic nitrogens is 5. The third kappa shape index (κ3) is 4.65. The molecule has 1 unspecified atom stereocenters. The molecule has 1 aromatic carbocycles. The first-order valence-corrected chi connectivity index (χ1v) is 9.52. The second kappa shape index (κ2) is 8.75. The van der Waals surface area contributed by atoms with Gasteiger partial charge in [-0.2, -0.15) is 5.10 Å². The standard InChI is InChI=1S/C20H25N7O.ClH/c1-13(2)23-16-6-7-27(12-16)20-21-10-18(24-25-20)17-5-4-14(8-19(17)28)15-9-22-26(3)11-15;/h4-5,8-11,13,16,23,28H,6-7,12H2,1-3H3;1H. The van der Waals surface area contributed by atoms with Crippen molar-refractivity contribution in [3.05, 3.63) is 36.8 Å². The fourth-order valence-electron chi connectivity index (χ4n) is 3.58. The van der Waals surface area contributed by atoms with E-state index in [-0.39, 0.29) is 18.2 Å². The number of rotatable bonds is 5. The van der Waals surface area contributed by atoms with E-state index in [9.17, 15) is 5.11 Å². The number of phenols is 1. The van der Waals surface area contributed by atoms with Gasteiger partial charge in [0, 0.05) is 49.5 Å². The fraction of sp³-hybridized carbons (Fsp3) is 0.400. The van der Waals surface area contributed by atoms with E-state index in [0.717, 1.165) is 30.6 Å². The predicted octanol–water partition coefficient (Wildman–Crippen LogP) is 2.64. The van der Waals surface area contributed by atoms with E-state index < -0.39 is 0 Å². The first-order valence-electron chi connectivity index (χ1n) is 9.52. The Labute approximate surface area is 176 Å². The molecule has 0 spiro atoms. The molecule has 4 rings (SSSR count). The van der Waals surface area contributed by atoms with Crippen molar-refractivity contribution in [2.45, 2.75) is 32.4 Å². The molecule has 154 valence electrons. The zero-order valence-corrected chi connectivity index (χ0v) is 17.6. The maximum atomic E-state index is 10.5. The van der Waals surface area contributed by atoms with E-state index in [1.807, 2.05) is 25.4 Å². The predicted molar refractivity (Wildman–Crippen MR) is 115 cm³/mol. The summed E-state index contributed by atoms with van der Waals surface area (Å²) in [6, 6.07) is 6.40. The number of aryl methyl sites for hydroxylation is 1. The van der Waals surface area contributed by atoms with Gasteiger partial charge < -0.3 is 15.3 Å². The summed E-state index contributed by atoms with van der Waals surface area (Å²) in [5.41, 5.74) is 3.00. The Morgan fingerprint density at radius 2 is 2.00 bits per heavy atom. The highest BCUT2D eigenvalue weighted by Crippen LogP contribution is 2.32. The van der Waals surface area contributed by atoms with Crippen molar-refractivity contribution in [1.82, 2.24) is 30.3 Å². The second-order valence-corrected chi connectivity index (χ2v) is 7.53. The molecule has 0 radical (unpaired) electrons. The summed E-state index contributed by atoms with van der Waals surface area (Å²) in [6.07, 6.45) is 6.41. The summed E-state index contributed by atoms with van der Waals surface area (Å²) >= 11 is 0. The van der Waals surface area contributed by atoms with E-state index in [1.54, 1.807) is 23.1 Å². The smallest absolute Gasteiger partial charge is 0.245 e. The molecular formula is C20H26ClN7O. The largest absolute Gasteiger partial charge is 0.507 e. The van der Waals surface area contributed by atoms with Crippen molar-refractivity contribution in [2.75, 3.05) is 18.0 Å². The molecule has 3 aromatic rings. The van der Waals surface area contributed by atoms with Crippen molar-refractivity contribution in [3.63, 3.8) is 0 Å². The SMILES string of the molecule is CC(C)NC1CCN(c2ncc(-c3ccc(-c4cnn(C)c4)cc3O)nn2)C1.Cl. The third-order valence-electron chi connectivity index (χ3n) is 4.90. The Bertz CT molecular complexity index is 958. The normalized spacial score (nSPS) is 16.3. The highest BCUT2D eigenvalue weighted by Gasteiger charge is 2.25. The van der Waals surface area contributed by atoms with E-state index in [1.165, 1.54) is 0 Å². The molecule has 8 nitrogen and oxygen atoms in total. The molecule has 1 atom stereocenters. The summed E-state index contributed by atoms with van der Waals surface area (Å²) < 4.78 is 1.73. The van der Waals surface area contributed by atoms with Crippen LogP contribution in [-0.4, -0.2) is 55.2 Å². The lowest BCUT2D eigenvalue weighted by Crippen LogP contribution is -2.37. The van der Waals surface area contributed by atoms with Crippen LogP contribution in [0.5, 0.6) is 5.75 Å². The number of hydrogen-bond acceptors (Lipinski definition) is 7. The number of phenolic OH excluding ortho intramolecular Hbond substituents is 1. The monoisotopic (exact) mass is 415 g/mol. The minimum atomic E-state index is 0. The zero-order chi connectivity index (χ0) is 19.7. The Morgan fingerprint density at radius 3 is 2.62 bits per heavy atom. The number of anilines is 1. The molecule has 2 aromatic heterocycles. The van der Waals surface area contributed by atoms with Crippen LogP contribution in [0.3, 0.4) is 0 Å². The summed E-state index contributed by atoms with van der Waals surface area (Å²) in [4.78, 5) is 6.62. The topological polar surface area (TPSA) is 92.0 Å². The average Bonchev–Trinajstić information content (AvgIpc) is 3.30. The number of nitrogens with one attached hydrogen (secondary N) is 1. The zero-order valence-electron chi connectivity index (χ0n) is 16.8. The van der Waals surface area contributed by atoms with Gasteiger partial charge in [0.15, 0.2) is 0 Å². The number of benzene rings is 1. The van der Waals surface area contributed by atoms with Crippen LogP contribution < -0.4 is 10.2 Å². The highest BCUT2D eigenvalue weighted by molar-refractivity contribution is 5.85. The summed E-state index contributed by atoms with van der Waals surface area (Å²) in [7, 11) is 1.86. The number of hydrogen-bond donors (Lipinski definition) is 2. The van der Waals surface area contributed by atoms with Crippen LogP contribution in [0.15, 0.2) is 36.8 Å². The fourth-order valence-corrected chi connectivity index (χ4v) is 3.58. The van der Waals surface area contributed by atoms with Gasteiger partial charge >= 0.3 is 0 Å². The van der Waals surface area contributed by atoms with Gasteiger partial charge in [0.25, 0.3) is 0 Å². The lowest BCUT2D eigenvalue weighted by Gasteiger charge is -2.18. The maximum Gasteiger partial charge on any atom is 0.245 e. The molecule has 0 aliphatic carbocycles. The Morgan fingerprint density at radius 1 is 1.17 bits per heavy atom. The lowest BCUT2D eigenvalue weighted by atomic mass is 10.0. The van der Waals surface area contributed by atoms with Gasteiger partial charge in [0.05, 0.1) is 12.4 Å². The number of nitrogens with zero attached hydrogens (tertiary/aromatic N) is 6. The van der Waals surface area contributed by atoms with Gasteiger partial charge in [-0.1, -0.05) is 19.9 Å². The average molecular weight is 416 g/mol. The van der Waals surface area contributed by atoms with Crippen LogP contribution in [0.2, 0.25) is 0 Å². The van der Waals surface area contributed by atoms with E-state index in [4.69, 9.17) is 0 Å². The first kappa shape index (κ1) is 21.0. The van der Waals surface area contributed by atoms with Crippen LogP contribution in [0.1, 0.15) is 20.3 Å². The molecule has 1 saturated heterocycles. The molecule has 0 amide bonds. The second-order valence-electron chi connectivity index (χ2n) is 7.53. The lowest BCUT2D eigenvalue weighted by molar-refractivity contribution is 0.477. The minimum absolute atomic E-state index is 0. The highest BCUT2D eigenvalue weighted by atomic mass is 35.5. The van der Waals surface area contributed by atoms with E-state index in [0.29, 0.717) is 29.3 Å². The van der Waals surface area contributed by atoms with Gasteiger partial charge in [-0.3, -0.25) is 4.68 Å². The maximum absolute atomic E-state index is 10.5. The van der Waals surface area contributed by atoms with Crippen LogP contribution in [0, 0.1) is 0 Å². The molecule has 1 aliphatic heterocycles. The molecule has 29 heavy (non-hydrogen) atoms. The summed E-state index contributed by atoms with van der Waals surface area (Å²) in [6.45, 7) is 6.10. The molecule has 1 aliphatic rings. The number of halogens is 1. The molecule has 0 saturated carbocycles. The minimum Gasteiger partial charge on any atom is -0.507 e. The molecule has 9 heteroatoms.